The maximum atomic E-state index is 8.77. The van der Waals surface area contributed by atoms with Crippen LogP contribution in [0, 0.1) is 0 Å². The predicted octanol–water partition coefficient (Wildman–Crippen LogP) is 0.211. The summed E-state index contributed by atoms with van der Waals surface area (Å²) in [5.74, 6) is 0.955. The number of hydrogen-bond donors (Lipinski definition) is 2. The van der Waals surface area contributed by atoms with Gasteiger partial charge in [-0.25, -0.2) is 0 Å². The van der Waals surface area contributed by atoms with Gasteiger partial charge in [-0.15, -0.1) is 0 Å². The standard InChI is InChI=1S/C11H18NO.H3O4P/c1-12(2,3)9-10-13-11-7-5-4-6-8-11;1-5(2,3)4/h4-8H,9-10H2,1-3H3;(H3,1,2,3,4)/q+1;/p-1. The fraction of sp³-hybridized carbons (Fsp3) is 0.455. The zero-order valence-corrected chi connectivity index (χ0v) is 11.7. The summed E-state index contributed by atoms with van der Waals surface area (Å²) in [6.45, 7) is 1.79. The van der Waals surface area contributed by atoms with Gasteiger partial charge < -0.3 is 23.9 Å². The van der Waals surface area contributed by atoms with Gasteiger partial charge in [0.1, 0.15) is 18.9 Å². The third kappa shape index (κ3) is 15.1. The average molecular weight is 277 g/mol. The molecule has 6 nitrogen and oxygen atoms in total. The number of quaternary nitrogens is 1. The van der Waals surface area contributed by atoms with Crippen molar-refractivity contribution in [2.45, 2.75) is 0 Å². The number of para-hydroxylation sites is 1. The summed E-state index contributed by atoms with van der Waals surface area (Å²) in [4.78, 5) is 22.9. The zero-order chi connectivity index (χ0) is 14.2. The summed E-state index contributed by atoms with van der Waals surface area (Å²) in [7, 11) is 1.59. The van der Waals surface area contributed by atoms with Gasteiger partial charge in [-0.05, 0) is 12.1 Å². The Morgan fingerprint density at radius 3 is 2.06 bits per heavy atom. The summed E-state index contributed by atoms with van der Waals surface area (Å²) < 4.78 is 15.3. The second-order valence-electron chi connectivity index (χ2n) is 4.67. The van der Waals surface area contributed by atoms with E-state index in [0.717, 1.165) is 23.4 Å². The fourth-order valence-electron chi connectivity index (χ4n) is 0.954. The van der Waals surface area contributed by atoms with E-state index in [1.807, 2.05) is 30.3 Å². The third-order valence-electron chi connectivity index (χ3n) is 1.77. The highest BCUT2D eigenvalue weighted by Gasteiger charge is 2.05. The van der Waals surface area contributed by atoms with Crippen molar-refractivity contribution < 1.29 is 28.5 Å². The Labute approximate surface area is 107 Å². The molecule has 0 amide bonds. The molecule has 1 aromatic carbocycles. The first-order chi connectivity index (χ1) is 8.08. The first kappa shape index (κ1) is 17.1. The summed E-state index contributed by atoms with van der Waals surface area (Å²) in [5, 5.41) is 0. The number of benzene rings is 1. The SMILES string of the molecule is C[N+](C)(C)CCOc1ccccc1.O=P([O-])(O)O. The molecule has 1 aromatic rings. The molecule has 0 aliphatic heterocycles. The van der Waals surface area contributed by atoms with E-state index < -0.39 is 7.82 Å². The second kappa shape index (κ2) is 7.51. The van der Waals surface area contributed by atoms with Crippen LogP contribution in [0.4, 0.5) is 0 Å². The number of rotatable bonds is 4. The summed E-state index contributed by atoms with van der Waals surface area (Å²) in [6.07, 6.45) is 0. The predicted molar refractivity (Wildman–Crippen MR) is 66.9 cm³/mol. The lowest BCUT2D eigenvalue weighted by molar-refractivity contribution is -0.870. The summed E-state index contributed by atoms with van der Waals surface area (Å²) in [5.41, 5.74) is 0. The molecule has 0 saturated heterocycles. The highest BCUT2D eigenvalue weighted by molar-refractivity contribution is 7.43. The van der Waals surface area contributed by atoms with Gasteiger partial charge in [-0.2, -0.15) is 0 Å². The molecule has 0 heterocycles. The van der Waals surface area contributed by atoms with Crippen molar-refractivity contribution in [2.75, 3.05) is 34.3 Å². The van der Waals surface area contributed by atoms with Crippen LogP contribution in [0.5, 0.6) is 5.75 Å². The molecule has 0 unspecified atom stereocenters. The van der Waals surface area contributed by atoms with Crippen LogP contribution < -0.4 is 9.63 Å². The van der Waals surface area contributed by atoms with E-state index in [1.54, 1.807) is 0 Å². The monoisotopic (exact) mass is 277 g/mol. The molecule has 0 saturated carbocycles. The maximum Gasteiger partial charge on any atom is 0.262 e. The van der Waals surface area contributed by atoms with Crippen molar-refractivity contribution in [1.29, 1.82) is 0 Å². The summed E-state index contributed by atoms with van der Waals surface area (Å²) >= 11 is 0. The van der Waals surface area contributed by atoms with Crippen LogP contribution in [0.3, 0.4) is 0 Å². The van der Waals surface area contributed by atoms with Crippen LogP contribution in [0.2, 0.25) is 0 Å². The smallest absolute Gasteiger partial charge is 0.262 e. The van der Waals surface area contributed by atoms with Crippen molar-refractivity contribution in [2.24, 2.45) is 0 Å². The first-order valence-corrected chi connectivity index (χ1v) is 6.86. The maximum absolute atomic E-state index is 8.77. The van der Waals surface area contributed by atoms with Gasteiger partial charge in [-0.3, -0.25) is 4.57 Å². The summed E-state index contributed by atoms with van der Waals surface area (Å²) in [6, 6.07) is 9.93. The molecular formula is C11H20NO5P. The van der Waals surface area contributed by atoms with E-state index in [2.05, 4.69) is 21.1 Å². The molecule has 0 fully saturated rings. The van der Waals surface area contributed by atoms with Gasteiger partial charge in [0.25, 0.3) is 7.82 Å². The van der Waals surface area contributed by atoms with E-state index >= 15 is 0 Å². The highest BCUT2D eigenvalue weighted by Crippen LogP contribution is 2.18. The quantitative estimate of drug-likeness (QED) is 0.606. The molecule has 7 heteroatoms. The normalized spacial score (nSPS) is 11.4. The number of phosphoric acid groups is 1. The topological polar surface area (TPSA) is 89.8 Å². The lowest BCUT2D eigenvalue weighted by Gasteiger charge is -2.23. The molecule has 1 rings (SSSR count). The number of nitrogens with zero attached hydrogens (tertiary/aromatic N) is 1. The second-order valence-corrected chi connectivity index (χ2v) is 5.65. The number of hydrogen-bond acceptors (Lipinski definition) is 3. The van der Waals surface area contributed by atoms with Crippen LogP contribution in [-0.4, -0.2) is 48.6 Å². The van der Waals surface area contributed by atoms with Crippen LogP contribution in [-0.2, 0) is 4.57 Å². The lowest BCUT2D eigenvalue weighted by Crippen LogP contribution is -2.38. The van der Waals surface area contributed by atoms with E-state index in [-0.39, 0.29) is 0 Å². The van der Waals surface area contributed by atoms with Gasteiger partial charge in [0, 0.05) is 0 Å². The molecule has 0 bridgehead atoms. The number of ether oxygens (including phenoxy) is 1. The van der Waals surface area contributed by atoms with Crippen molar-refractivity contribution in [1.82, 2.24) is 0 Å². The largest absolute Gasteiger partial charge is 0.756 e. The minimum Gasteiger partial charge on any atom is -0.756 e. The number of likely N-dealkylation sites (N-methyl/N-ethyl adjacent to an activating group) is 1. The first-order valence-electron chi connectivity index (χ1n) is 5.33. The molecule has 0 aliphatic rings. The van der Waals surface area contributed by atoms with Crippen molar-refractivity contribution in [3.05, 3.63) is 30.3 Å². The third-order valence-corrected chi connectivity index (χ3v) is 1.77. The van der Waals surface area contributed by atoms with E-state index in [1.165, 1.54) is 0 Å². The highest BCUT2D eigenvalue weighted by atomic mass is 31.2. The van der Waals surface area contributed by atoms with Gasteiger partial charge in [-0.1, -0.05) is 18.2 Å². The molecule has 0 spiro atoms. The van der Waals surface area contributed by atoms with Crippen molar-refractivity contribution >= 4 is 7.82 Å². The molecule has 0 atom stereocenters. The van der Waals surface area contributed by atoms with Gasteiger partial charge in [0.05, 0.1) is 21.1 Å². The van der Waals surface area contributed by atoms with Crippen molar-refractivity contribution in [3.63, 3.8) is 0 Å². The minimum absolute atomic E-state index is 0.771. The van der Waals surface area contributed by atoms with Gasteiger partial charge >= 0.3 is 0 Å². The lowest BCUT2D eigenvalue weighted by atomic mass is 10.3. The molecule has 104 valence electrons. The molecule has 0 radical (unpaired) electrons. The molecule has 0 aliphatic carbocycles. The van der Waals surface area contributed by atoms with E-state index in [4.69, 9.17) is 24.0 Å². The Bertz CT molecular complexity index is 363. The Hall–Kier alpha value is -0.910. The fourth-order valence-corrected chi connectivity index (χ4v) is 0.954. The molecule has 0 aromatic heterocycles. The van der Waals surface area contributed by atoms with Crippen LogP contribution in [0.15, 0.2) is 30.3 Å². The van der Waals surface area contributed by atoms with Crippen LogP contribution in [0.25, 0.3) is 0 Å². The molecule has 18 heavy (non-hydrogen) atoms. The minimum atomic E-state index is -4.89. The van der Waals surface area contributed by atoms with Crippen LogP contribution >= 0.6 is 7.82 Å². The molecule has 2 N–H and O–H groups in total. The van der Waals surface area contributed by atoms with Crippen LogP contribution in [0.1, 0.15) is 0 Å². The van der Waals surface area contributed by atoms with Crippen molar-refractivity contribution in [3.8, 4) is 5.75 Å². The zero-order valence-electron chi connectivity index (χ0n) is 10.8. The molecular weight excluding hydrogens is 257 g/mol. The average Bonchev–Trinajstić information content (AvgIpc) is 2.14. The van der Waals surface area contributed by atoms with Gasteiger partial charge in [0.15, 0.2) is 0 Å². The Kier molecular flexibility index (Phi) is 7.13. The van der Waals surface area contributed by atoms with E-state index in [0.29, 0.717) is 0 Å². The van der Waals surface area contributed by atoms with Gasteiger partial charge in [0.2, 0.25) is 0 Å². The Morgan fingerprint density at radius 2 is 1.67 bits per heavy atom. The van der Waals surface area contributed by atoms with E-state index in [9.17, 15) is 0 Å². The Balaban J connectivity index is 0.000000494. The Morgan fingerprint density at radius 1 is 1.22 bits per heavy atom.